The van der Waals surface area contributed by atoms with Crippen molar-refractivity contribution in [3.8, 4) is 5.75 Å². The summed E-state index contributed by atoms with van der Waals surface area (Å²) in [6.07, 6.45) is 0.859. The molecule has 0 radical (unpaired) electrons. The number of carbonyl (C=O) groups excluding carboxylic acids is 1. The van der Waals surface area contributed by atoms with Gasteiger partial charge in [-0.25, -0.2) is 0 Å². The molecule has 1 unspecified atom stereocenters. The molecular weight excluding hydrogens is 293 g/mol. The van der Waals surface area contributed by atoms with E-state index in [1.807, 2.05) is 6.92 Å². The number of alkyl halides is 1. The number of phenols is 1. The largest absolute Gasteiger partial charge is 0.506 e. The summed E-state index contributed by atoms with van der Waals surface area (Å²) < 4.78 is 0. The average molecular weight is 307 g/mol. The first-order valence-electron chi connectivity index (χ1n) is 4.90. The highest BCUT2D eigenvalue weighted by molar-refractivity contribution is 9.09. The van der Waals surface area contributed by atoms with Gasteiger partial charge in [-0.05, 0) is 31.5 Å². The topological polar surface area (TPSA) is 49.3 Å². The Balaban J connectivity index is 2.69. The van der Waals surface area contributed by atoms with Crippen LogP contribution in [0.25, 0.3) is 0 Å². The van der Waals surface area contributed by atoms with Crippen LogP contribution in [0.4, 0.5) is 0 Å². The van der Waals surface area contributed by atoms with Crippen LogP contribution in [0.3, 0.4) is 0 Å². The van der Waals surface area contributed by atoms with Gasteiger partial charge in [0.25, 0.3) is 5.91 Å². The van der Waals surface area contributed by atoms with Crippen molar-refractivity contribution >= 4 is 33.4 Å². The summed E-state index contributed by atoms with van der Waals surface area (Å²) in [6.45, 7) is 1.93. The molecule has 1 amide bonds. The van der Waals surface area contributed by atoms with Crippen LogP contribution in [0, 0.1) is 0 Å². The lowest BCUT2D eigenvalue weighted by molar-refractivity contribution is 0.0939. The molecule has 0 aliphatic heterocycles. The van der Waals surface area contributed by atoms with Gasteiger partial charge in [-0.2, -0.15) is 0 Å². The Morgan fingerprint density at radius 1 is 1.62 bits per heavy atom. The van der Waals surface area contributed by atoms with Gasteiger partial charge in [0.05, 0.1) is 5.02 Å². The fourth-order valence-corrected chi connectivity index (χ4v) is 2.06. The highest BCUT2D eigenvalue weighted by Crippen LogP contribution is 2.23. The summed E-state index contributed by atoms with van der Waals surface area (Å²) in [4.78, 5) is 11.7. The summed E-state index contributed by atoms with van der Waals surface area (Å²) in [6, 6.07) is 4.50. The summed E-state index contributed by atoms with van der Waals surface area (Å²) in [7, 11) is 0. The van der Waals surface area contributed by atoms with Crippen molar-refractivity contribution in [2.45, 2.75) is 19.4 Å². The lowest BCUT2D eigenvalue weighted by Gasteiger charge is -2.12. The monoisotopic (exact) mass is 305 g/mol. The molecule has 0 fully saturated rings. The number of aromatic hydroxyl groups is 1. The van der Waals surface area contributed by atoms with Crippen LogP contribution in [0.15, 0.2) is 18.2 Å². The normalized spacial score (nSPS) is 12.2. The van der Waals surface area contributed by atoms with E-state index in [4.69, 9.17) is 11.6 Å². The molecule has 1 rings (SSSR count). The minimum absolute atomic E-state index is 0.0216. The first-order chi connectivity index (χ1) is 7.54. The van der Waals surface area contributed by atoms with Gasteiger partial charge in [0.2, 0.25) is 0 Å². The standard InChI is InChI=1S/C11H13BrClNO2/c1-7(4-5-12)14-11(16)8-2-3-10(15)9(13)6-8/h2-3,6-7,15H,4-5H2,1H3,(H,14,16). The van der Waals surface area contributed by atoms with Crippen molar-refractivity contribution in [1.82, 2.24) is 5.32 Å². The fourth-order valence-electron chi connectivity index (χ4n) is 1.19. The summed E-state index contributed by atoms with van der Waals surface area (Å²) in [5.41, 5.74) is 0.448. The van der Waals surface area contributed by atoms with Crippen molar-refractivity contribution in [2.75, 3.05) is 5.33 Å². The Bertz CT molecular complexity index is 384. The predicted molar refractivity (Wildman–Crippen MR) is 68.5 cm³/mol. The first kappa shape index (κ1) is 13.3. The van der Waals surface area contributed by atoms with Crippen LogP contribution in [0.5, 0.6) is 5.75 Å². The lowest BCUT2D eigenvalue weighted by Crippen LogP contribution is -2.32. The van der Waals surface area contributed by atoms with Crippen LogP contribution in [-0.4, -0.2) is 22.4 Å². The average Bonchev–Trinajstić information content (AvgIpc) is 2.22. The van der Waals surface area contributed by atoms with E-state index < -0.39 is 0 Å². The molecule has 3 nitrogen and oxygen atoms in total. The minimum Gasteiger partial charge on any atom is -0.506 e. The molecule has 0 heterocycles. The highest BCUT2D eigenvalue weighted by atomic mass is 79.9. The number of nitrogens with one attached hydrogen (secondary N) is 1. The van der Waals surface area contributed by atoms with Gasteiger partial charge in [0.15, 0.2) is 0 Å². The predicted octanol–water partition coefficient (Wildman–Crippen LogP) is 2.95. The Hall–Kier alpha value is -0.740. The van der Waals surface area contributed by atoms with Crippen molar-refractivity contribution in [2.24, 2.45) is 0 Å². The van der Waals surface area contributed by atoms with Crippen LogP contribution >= 0.6 is 27.5 Å². The molecule has 1 atom stereocenters. The zero-order valence-electron chi connectivity index (χ0n) is 8.84. The second-order valence-corrected chi connectivity index (χ2v) is 4.72. The third kappa shape index (κ3) is 3.68. The smallest absolute Gasteiger partial charge is 0.251 e. The number of amides is 1. The van der Waals surface area contributed by atoms with E-state index in [2.05, 4.69) is 21.2 Å². The van der Waals surface area contributed by atoms with Gasteiger partial charge >= 0.3 is 0 Å². The zero-order chi connectivity index (χ0) is 12.1. The van der Waals surface area contributed by atoms with Gasteiger partial charge in [-0.1, -0.05) is 27.5 Å². The molecule has 1 aromatic rings. The Morgan fingerprint density at radius 3 is 2.88 bits per heavy atom. The Labute approximate surface area is 108 Å². The maximum atomic E-state index is 11.7. The van der Waals surface area contributed by atoms with Gasteiger partial charge in [-0.3, -0.25) is 4.79 Å². The zero-order valence-corrected chi connectivity index (χ0v) is 11.2. The molecule has 2 N–H and O–H groups in total. The number of rotatable bonds is 4. The van der Waals surface area contributed by atoms with E-state index in [-0.39, 0.29) is 22.7 Å². The SMILES string of the molecule is CC(CCBr)NC(=O)c1ccc(O)c(Cl)c1. The van der Waals surface area contributed by atoms with Gasteiger partial charge in [0.1, 0.15) is 5.75 Å². The number of benzene rings is 1. The molecule has 0 aromatic heterocycles. The maximum Gasteiger partial charge on any atom is 0.251 e. The van der Waals surface area contributed by atoms with Gasteiger partial charge in [0, 0.05) is 16.9 Å². The van der Waals surface area contributed by atoms with Crippen molar-refractivity contribution < 1.29 is 9.90 Å². The fraction of sp³-hybridized carbons (Fsp3) is 0.364. The number of halogens is 2. The third-order valence-electron chi connectivity index (χ3n) is 2.13. The van der Waals surface area contributed by atoms with E-state index in [1.165, 1.54) is 18.2 Å². The van der Waals surface area contributed by atoms with E-state index >= 15 is 0 Å². The van der Waals surface area contributed by atoms with Crippen LogP contribution in [-0.2, 0) is 0 Å². The quantitative estimate of drug-likeness (QED) is 0.840. The number of carbonyl (C=O) groups is 1. The molecular formula is C11H13BrClNO2. The molecule has 0 aliphatic carbocycles. The number of phenolic OH excluding ortho intramolecular Hbond substituents is 1. The molecule has 5 heteroatoms. The van der Waals surface area contributed by atoms with Crippen molar-refractivity contribution in [3.63, 3.8) is 0 Å². The lowest BCUT2D eigenvalue weighted by atomic mass is 10.2. The molecule has 16 heavy (non-hydrogen) atoms. The van der Waals surface area contributed by atoms with Crippen LogP contribution < -0.4 is 5.32 Å². The Kier molecular flexibility index (Phi) is 5.09. The second-order valence-electron chi connectivity index (χ2n) is 3.52. The highest BCUT2D eigenvalue weighted by Gasteiger charge is 2.10. The summed E-state index contributed by atoms with van der Waals surface area (Å²) in [5.74, 6) is -0.206. The molecule has 0 bridgehead atoms. The van der Waals surface area contributed by atoms with E-state index in [0.717, 1.165) is 11.8 Å². The van der Waals surface area contributed by atoms with Crippen molar-refractivity contribution in [3.05, 3.63) is 28.8 Å². The van der Waals surface area contributed by atoms with E-state index in [9.17, 15) is 9.90 Å². The van der Waals surface area contributed by atoms with E-state index in [0.29, 0.717) is 5.56 Å². The number of hydrogen-bond acceptors (Lipinski definition) is 2. The number of hydrogen-bond donors (Lipinski definition) is 2. The molecule has 0 aliphatic rings. The third-order valence-corrected chi connectivity index (χ3v) is 2.89. The van der Waals surface area contributed by atoms with Gasteiger partial charge < -0.3 is 10.4 Å². The molecule has 88 valence electrons. The minimum atomic E-state index is -0.185. The molecule has 0 spiro atoms. The van der Waals surface area contributed by atoms with Crippen molar-refractivity contribution in [1.29, 1.82) is 0 Å². The summed E-state index contributed by atoms with van der Waals surface area (Å²) in [5, 5.41) is 13.1. The molecule has 1 aromatic carbocycles. The molecule has 0 saturated carbocycles. The second kappa shape index (κ2) is 6.11. The van der Waals surface area contributed by atoms with Crippen LogP contribution in [0.2, 0.25) is 5.02 Å². The molecule has 0 saturated heterocycles. The van der Waals surface area contributed by atoms with Crippen LogP contribution in [0.1, 0.15) is 23.7 Å². The first-order valence-corrected chi connectivity index (χ1v) is 6.40. The van der Waals surface area contributed by atoms with Gasteiger partial charge in [-0.15, -0.1) is 0 Å². The summed E-state index contributed by atoms with van der Waals surface area (Å²) >= 11 is 9.03. The van der Waals surface area contributed by atoms with E-state index in [1.54, 1.807) is 0 Å². The maximum absolute atomic E-state index is 11.7. The Morgan fingerprint density at radius 2 is 2.31 bits per heavy atom.